The number of carbonyl (C=O) groups is 1. The van der Waals surface area contributed by atoms with Crippen LogP contribution in [0.3, 0.4) is 0 Å². The van der Waals surface area contributed by atoms with Crippen LogP contribution in [0.1, 0.15) is 16.1 Å². The summed E-state index contributed by atoms with van der Waals surface area (Å²) in [5, 5.41) is 3.30. The number of ether oxygens (including phenoxy) is 1. The summed E-state index contributed by atoms with van der Waals surface area (Å²) in [5.74, 6) is 0.595. The second kappa shape index (κ2) is 8.15. The number of halogens is 1. The summed E-state index contributed by atoms with van der Waals surface area (Å²) in [6.07, 6.45) is 1.84. The van der Waals surface area contributed by atoms with Crippen molar-refractivity contribution in [3.05, 3.63) is 94.6 Å². The molecule has 5 nitrogen and oxygen atoms in total. The van der Waals surface area contributed by atoms with Gasteiger partial charge in [0, 0.05) is 27.7 Å². The lowest BCUT2D eigenvalue weighted by atomic mass is 10.1. The number of ketones is 1. The SMILES string of the molecule is COc1cccc(-c2csc(-c3c(N)c(C(=O)c4ccc(Cl)cc4)n4ccccc34)n2)c1. The molecule has 0 aliphatic carbocycles. The van der Waals surface area contributed by atoms with Crippen LogP contribution in [-0.4, -0.2) is 22.3 Å². The van der Waals surface area contributed by atoms with E-state index in [4.69, 9.17) is 27.1 Å². The van der Waals surface area contributed by atoms with Crippen molar-refractivity contribution in [3.8, 4) is 27.6 Å². The lowest BCUT2D eigenvalue weighted by molar-refractivity contribution is 0.103. The fourth-order valence-corrected chi connectivity index (χ4v) is 4.75. The number of thiazole rings is 1. The van der Waals surface area contributed by atoms with Gasteiger partial charge in [0.1, 0.15) is 16.5 Å². The van der Waals surface area contributed by atoms with Crippen molar-refractivity contribution >= 4 is 39.9 Å². The van der Waals surface area contributed by atoms with Gasteiger partial charge in [-0.25, -0.2) is 4.98 Å². The van der Waals surface area contributed by atoms with E-state index in [9.17, 15) is 4.79 Å². The Bertz CT molecular complexity index is 1450. The molecule has 0 saturated carbocycles. The molecule has 0 radical (unpaired) electrons. The van der Waals surface area contributed by atoms with E-state index in [1.165, 1.54) is 11.3 Å². The van der Waals surface area contributed by atoms with Crippen LogP contribution >= 0.6 is 22.9 Å². The number of aromatic nitrogens is 2. The Labute approximate surface area is 193 Å². The van der Waals surface area contributed by atoms with Crippen LogP contribution in [0.4, 0.5) is 5.69 Å². The molecule has 5 aromatic rings. The number of pyridine rings is 1. The van der Waals surface area contributed by atoms with E-state index >= 15 is 0 Å². The molecule has 158 valence electrons. The molecule has 0 spiro atoms. The van der Waals surface area contributed by atoms with E-state index in [-0.39, 0.29) is 5.78 Å². The van der Waals surface area contributed by atoms with Gasteiger partial charge in [-0.2, -0.15) is 0 Å². The van der Waals surface area contributed by atoms with Crippen molar-refractivity contribution in [2.24, 2.45) is 0 Å². The van der Waals surface area contributed by atoms with Crippen molar-refractivity contribution in [2.75, 3.05) is 12.8 Å². The molecular formula is C25H18ClN3O2S. The number of carbonyl (C=O) groups excluding carboxylic acids is 1. The van der Waals surface area contributed by atoms with Gasteiger partial charge in [0.2, 0.25) is 5.78 Å². The average molecular weight is 460 g/mol. The first-order chi connectivity index (χ1) is 15.6. The first kappa shape index (κ1) is 20.3. The number of rotatable bonds is 5. The van der Waals surface area contributed by atoms with Crippen molar-refractivity contribution in [3.63, 3.8) is 0 Å². The molecule has 32 heavy (non-hydrogen) atoms. The van der Waals surface area contributed by atoms with Crippen molar-refractivity contribution in [1.82, 2.24) is 9.38 Å². The first-order valence-corrected chi connectivity index (χ1v) is 11.1. The summed E-state index contributed by atoms with van der Waals surface area (Å²) in [7, 11) is 1.64. The molecule has 2 aromatic carbocycles. The summed E-state index contributed by atoms with van der Waals surface area (Å²) in [6.45, 7) is 0. The van der Waals surface area contributed by atoms with Gasteiger partial charge in [-0.3, -0.25) is 4.79 Å². The van der Waals surface area contributed by atoms with Gasteiger partial charge < -0.3 is 14.9 Å². The lowest BCUT2D eigenvalue weighted by Gasteiger charge is -2.04. The third kappa shape index (κ3) is 3.43. The smallest absolute Gasteiger partial charge is 0.211 e. The number of methoxy groups -OCH3 is 1. The number of nitrogen functional groups attached to an aromatic ring is 1. The number of anilines is 1. The maximum absolute atomic E-state index is 13.4. The van der Waals surface area contributed by atoms with Crippen LogP contribution in [0.25, 0.3) is 27.3 Å². The van der Waals surface area contributed by atoms with Crippen molar-refractivity contribution in [2.45, 2.75) is 0 Å². The minimum absolute atomic E-state index is 0.170. The number of hydrogen-bond acceptors (Lipinski definition) is 5. The highest BCUT2D eigenvalue weighted by molar-refractivity contribution is 7.13. The van der Waals surface area contributed by atoms with E-state index in [2.05, 4.69) is 0 Å². The van der Waals surface area contributed by atoms with Crippen LogP contribution in [0.5, 0.6) is 5.75 Å². The van der Waals surface area contributed by atoms with Gasteiger partial charge in [-0.15, -0.1) is 11.3 Å². The normalized spacial score (nSPS) is 11.1. The second-order valence-corrected chi connectivity index (χ2v) is 8.49. The number of benzene rings is 2. The zero-order valence-corrected chi connectivity index (χ0v) is 18.7. The van der Waals surface area contributed by atoms with Gasteiger partial charge in [-0.1, -0.05) is 29.8 Å². The zero-order chi connectivity index (χ0) is 22.2. The molecule has 2 N–H and O–H groups in total. The maximum Gasteiger partial charge on any atom is 0.211 e. The minimum atomic E-state index is -0.170. The molecular weight excluding hydrogens is 442 g/mol. The second-order valence-electron chi connectivity index (χ2n) is 7.20. The van der Waals surface area contributed by atoms with Crippen LogP contribution < -0.4 is 10.5 Å². The summed E-state index contributed by atoms with van der Waals surface area (Å²) < 4.78 is 7.16. The number of nitrogens with zero attached hydrogens (tertiary/aromatic N) is 2. The van der Waals surface area contributed by atoms with E-state index < -0.39 is 0 Å². The van der Waals surface area contributed by atoms with Crippen molar-refractivity contribution in [1.29, 1.82) is 0 Å². The predicted octanol–water partition coefficient (Wildman–Crippen LogP) is 6.21. The Morgan fingerprint density at radius 3 is 2.69 bits per heavy atom. The maximum atomic E-state index is 13.4. The van der Waals surface area contributed by atoms with E-state index in [1.807, 2.05) is 58.4 Å². The predicted molar refractivity (Wildman–Crippen MR) is 130 cm³/mol. The molecule has 0 aliphatic rings. The molecule has 0 fully saturated rings. The Morgan fingerprint density at radius 1 is 1.09 bits per heavy atom. The van der Waals surface area contributed by atoms with Crippen LogP contribution in [0, 0.1) is 0 Å². The van der Waals surface area contributed by atoms with Gasteiger partial charge in [0.15, 0.2) is 0 Å². The fourth-order valence-electron chi connectivity index (χ4n) is 3.73. The van der Waals surface area contributed by atoms with Crippen LogP contribution in [-0.2, 0) is 0 Å². The highest BCUT2D eigenvalue weighted by atomic mass is 35.5. The molecule has 7 heteroatoms. The molecule has 3 heterocycles. The van der Waals surface area contributed by atoms with Gasteiger partial charge >= 0.3 is 0 Å². The number of hydrogen-bond donors (Lipinski definition) is 1. The molecule has 0 atom stereocenters. The van der Waals surface area contributed by atoms with E-state index in [1.54, 1.807) is 31.4 Å². The van der Waals surface area contributed by atoms with Crippen LogP contribution in [0.2, 0.25) is 5.02 Å². The molecule has 3 aromatic heterocycles. The fraction of sp³-hybridized carbons (Fsp3) is 0.0400. The Hall–Kier alpha value is -3.61. The molecule has 0 aliphatic heterocycles. The third-order valence-electron chi connectivity index (χ3n) is 5.29. The monoisotopic (exact) mass is 459 g/mol. The molecule has 5 rings (SSSR count). The third-order valence-corrected chi connectivity index (χ3v) is 6.40. The standard InChI is InChI=1S/C25H18ClN3O2S/c1-31-18-6-4-5-16(13-18)19-14-32-25(28-19)21-20-7-2-3-12-29(20)23(22(21)27)24(30)15-8-10-17(26)11-9-15/h2-14H,27H2,1H3. The number of nitrogens with two attached hydrogens (primary N) is 1. The van der Waals surface area contributed by atoms with Crippen molar-refractivity contribution < 1.29 is 9.53 Å². The quantitative estimate of drug-likeness (QED) is 0.317. The largest absolute Gasteiger partial charge is 0.497 e. The Morgan fingerprint density at radius 2 is 1.91 bits per heavy atom. The highest BCUT2D eigenvalue weighted by Crippen LogP contribution is 2.39. The summed E-state index contributed by atoms with van der Waals surface area (Å²) in [4.78, 5) is 18.2. The molecule has 0 unspecified atom stereocenters. The Balaban J connectivity index is 1.65. The molecule has 0 amide bonds. The van der Waals surface area contributed by atoms with Crippen LogP contribution in [0.15, 0.2) is 78.3 Å². The van der Waals surface area contributed by atoms with Gasteiger partial charge in [-0.05, 0) is 48.5 Å². The Kier molecular flexibility index (Phi) is 5.17. The van der Waals surface area contributed by atoms with Gasteiger partial charge in [0.05, 0.1) is 29.6 Å². The molecule has 0 saturated heterocycles. The minimum Gasteiger partial charge on any atom is -0.497 e. The average Bonchev–Trinajstić information content (AvgIpc) is 3.41. The topological polar surface area (TPSA) is 69.6 Å². The highest BCUT2D eigenvalue weighted by Gasteiger charge is 2.25. The summed E-state index contributed by atoms with van der Waals surface area (Å²) in [5.41, 5.74) is 11.3. The van der Waals surface area contributed by atoms with Gasteiger partial charge in [0.25, 0.3) is 0 Å². The molecule has 0 bridgehead atoms. The summed E-state index contributed by atoms with van der Waals surface area (Å²) in [6, 6.07) is 20.3. The van der Waals surface area contributed by atoms with E-state index in [0.29, 0.717) is 22.0 Å². The first-order valence-electron chi connectivity index (χ1n) is 9.86. The summed E-state index contributed by atoms with van der Waals surface area (Å²) >= 11 is 7.48. The number of fused-ring (bicyclic) bond motifs is 1. The lowest BCUT2D eigenvalue weighted by Crippen LogP contribution is -2.07. The van der Waals surface area contributed by atoms with E-state index in [0.717, 1.165) is 33.1 Å². The zero-order valence-electron chi connectivity index (χ0n) is 17.1.